The Hall–Kier alpha value is -3.55. The van der Waals surface area contributed by atoms with E-state index in [1.165, 1.54) is 36.5 Å². The topological polar surface area (TPSA) is 97.3 Å². The number of benzene rings is 2. The Morgan fingerprint density at radius 3 is 2.50 bits per heavy atom. The van der Waals surface area contributed by atoms with Crippen molar-refractivity contribution in [2.24, 2.45) is 5.73 Å². The van der Waals surface area contributed by atoms with E-state index in [0.29, 0.717) is 17.4 Å². The third-order valence-corrected chi connectivity index (χ3v) is 5.28. The molecule has 0 aliphatic heterocycles. The van der Waals surface area contributed by atoms with Crippen LogP contribution in [0.25, 0.3) is 10.9 Å². The third kappa shape index (κ3) is 4.85. The van der Waals surface area contributed by atoms with Gasteiger partial charge in [0.15, 0.2) is 0 Å². The van der Waals surface area contributed by atoms with Crippen LogP contribution in [-0.4, -0.2) is 21.4 Å². The standard InChI is InChI=1S/C23H18Cl2FN3O3/c1-2-18(24)21(19(25)10-27)28-23(32)22(31)17-12-29(11-13-3-5-14(26)6-4-13)20-8-7-15(30)9-16(17)20/h2-10,12,30H,1,11,27H2,(H,28,32)/b19-10+,21-18-. The largest absolute Gasteiger partial charge is 0.508 e. The maximum absolute atomic E-state index is 13.2. The van der Waals surface area contributed by atoms with Crippen molar-refractivity contribution in [3.63, 3.8) is 0 Å². The van der Waals surface area contributed by atoms with Crippen LogP contribution >= 0.6 is 23.2 Å². The number of aromatic nitrogens is 1. The lowest BCUT2D eigenvalue weighted by molar-refractivity contribution is -0.116. The van der Waals surface area contributed by atoms with E-state index in [4.69, 9.17) is 28.9 Å². The first-order valence-corrected chi connectivity index (χ1v) is 10.0. The second-order valence-electron chi connectivity index (χ2n) is 6.72. The number of hydrogen-bond acceptors (Lipinski definition) is 4. The number of halogens is 3. The molecule has 0 saturated heterocycles. The van der Waals surface area contributed by atoms with Crippen molar-refractivity contribution in [3.8, 4) is 5.75 Å². The molecular weight excluding hydrogens is 456 g/mol. The minimum Gasteiger partial charge on any atom is -0.508 e. The third-order valence-electron chi connectivity index (χ3n) is 4.62. The van der Waals surface area contributed by atoms with Crippen molar-refractivity contribution < 1.29 is 19.1 Å². The first-order valence-electron chi connectivity index (χ1n) is 9.27. The molecule has 0 fully saturated rings. The highest BCUT2D eigenvalue weighted by atomic mass is 35.5. The maximum Gasteiger partial charge on any atom is 0.296 e. The number of carbonyl (C=O) groups is 2. The molecule has 0 radical (unpaired) electrons. The Balaban J connectivity index is 2.01. The molecule has 6 nitrogen and oxygen atoms in total. The van der Waals surface area contributed by atoms with E-state index in [2.05, 4.69) is 11.9 Å². The number of nitrogens with one attached hydrogen (secondary N) is 1. The quantitative estimate of drug-likeness (QED) is 0.267. The molecule has 1 amide bonds. The van der Waals surface area contributed by atoms with Crippen molar-refractivity contribution in [2.75, 3.05) is 0 Å². The molecule has 0 spiro atoms. The summed E-state index contributed by atoms with van der Waals surface area (Å²) in [6.07, 6.45) is 3.74. The lowest BCUT2D eigenvalue weighted by Crippen LogP contribution is -2.31. The average molecular weight is 474 g/mol. The SMILES string of the molecule is C=C/C(Cl)=C(NC(=O)C(=O)c1cn(Cc2ccc(F)cc2)c2ccc(O)cc12)\C(Cl)=C/N. The number of phenolic OH excluding ortho intramolecular Hbond substituents is 1. The van der Waals surface area contributed by atoms with Gasteiger partial charge in [-0.1, -0.05) is 41.9 Å². The zero-order valence-corrected chi connectivity index (χ0v) is 18.1. The molecular formula is C23H18Cl2FN3O3. The summed E-state index contributed by atoms with van der Waals surface area (Å²) < 4.78 is 15.0. The summed E-state index contributed by atoms with van der Waals surface area (Å²) in [7, 11) is 0. The van der Waals surface area contributed by atoms with Gasteiger partial charge in [0, 0.05) is 29.8 Å². The molecule has 0 unspecified atom stereocenters. The predicted octanol–water partition coefficient (Wildman–Crippen LogP) is 4.51. The molecule has 0 bridgehead atoms. The van der Waals surface area contributed by atoms with Crippen molar-refractivity contribution in [3.05, 3.63) is 100 Å². The summed E-state index contributed by atoms with van der Waals surface area (Å²) in [6, 6.07) is 10.4. The molecule has 3 rings (SSSR count). The number of allylic oxidation sites excluding steroid dienone is 3. The summed E-state index contributed by atoms with van der Waals surface area (Å²) in [6.45, 7) is 3.81. The summed E-state index contributed by atoms with van der Waals surface area (Å²) in [5, 5.41) is 12.6. The Morgan fingerprint density at radius 2 is 1.88 bits per heavy atom. The molecule has 32 heavy (non-hydrogen) atoms. The molecule has 0 saturated carbocycles. The van der Waals surface area contributed by atoms with Crippen molar-refractivity contribution in [2.45, 2.75) is 6.54 Å². The van der Waals surface area contributed by atoms with Gasteiger partial charge in [-0.2, -0.15) is 0 Å². The molecule has 3 aromatic rings. The fourth-order valence-corrected chi connectivity index (χ4v) is 3.44. The van der Waals surface area contributed by atoms with Crippen LogP contribution in [0.3, 0.4) is 0 Å². The number of nitrogens with two attached hydrogens (primary N) is 1. The Morgan fingerprint density at radius 1 is 1.19 bits per heavy atom. The highest BCUT2D eigenvalue weighted by molar-refractivity contribution is 6.46. The van der Waals surface area contributed by atoms with Gasteiger partial charge in [-0.3, -0.25) is 9.59 Å². The van der Waals surface area contributed by atoms with E-state index in [1.54, 1.807) is 22.8 Å². The van der Waals surface area contributed by atoms with E-state index in [-0.39, 0.29) is 32.9 Å². The van der Waals surface area contributed by atoms with Gasteiger partial charge in [0.05, 0.1) is 21.3 Å². The second-order valence-corrected chi connectivity index (χ2v) is 7.54. The van der Waals surface area contributed by atoms with Gasteiger partial charge in [-0.05, 0) is 42.0 Å². The van der Waals surface area contributed by atoms with Crippen molar-refractivity contribution >= 4 is 45.8 Å². The number of carbonyl (C=O) groups excluding carboxylic acids is 2. The van der Waals surface area contributed by atoms with Gasteiger partial charge in [0.2, 0.25) is 0 Å². The van der Waals surface area contributed by atoms with E-state index in [9.17, 15) is 19.1 Å². The minimum atomic E-state index is -1.01. The Labute approximate surface area is 193 Å². The van der Waals surface area contributed by atoms with Gasteiger partial charge < -0.3 is 20.7 Å². The van der Waals surface area contributed by atoms with Gasteiger partial charge in [-0.25, -0.2) is 4.39 Å². The smallest absolute Gasteiger partial charge is 0.296 e. The van der Waals surface area contributed by atoms with Crippen LogP contribution in [0.1, 0.15) is 15.9 Å². The van der Waals surface area contributed by atoms with Crippen LogP contribution in [0.15, 0.2) is 83.3 Å². The molecule has 9 heteroatoms. The van der Waals surface area contributed by atoms with E-state index in [1.807, 2.05) is 0 Å². The summed E-state index contributed by atoms with van der Waals surface area (Å²) in [5.41, 5.74) is 6.76. The number of Topliss-reactive ketones (excluding diaryl/α,β-unsaturated/α-hetero) is 1. The molecule has 2 aromatic carbocycles. The molecule has 0 aliphatic carbocycles. The van der Waals surface area contributed by atoms with Crippen LogP contribution in [0, 0.1) is 5.82 Å². The second kappa shape index (κ2) is 9.72. The van der Waals surface area contributed by atoms with Crippen LogP contribution in [0.2, 0.25) is 0 Å². The van der Waals surface area contributed by atoms with Crippen LogP contribution in [0.4, 0.5) is 4.39 Å². The Kier molecular flexibility index (Phi) is 7.02. The number of ketones is 1. The zero-order valence-electron chi connectivity index (χ0n) is 16.6. The fourth-order valence-electron chi connectivity index (χ4n) is 3.09. The minimum absolute atomic E-state index is 0.00534. The molecule has 4 N–H and O–H groups in total. The first kappa shape index (κ1) is 23.1. The molecule has 0 aliphatic rings. The summed E-state index contributed by atoms with van der Waals surface area (Å²) in [4.78, 5) is 25.7. The number of aromatic hydroxyl groups is 1. The number of amides is 1. The molecule has 0 atom stereocenters. The normalized spacial score (nSPS) is 12.4. The molecule has 1 heterocycles. The summed E-state index contributed by atoms with van der Waals surface area (Å²) in [5.74, 6) is -2.33. The zero-order chi connectivity index (χ0) is 23.4. The van der Waals surface area contributed by atoms with Crippen molar-refractivity contribution in [1.29, 1.82) is 0 Å². The number of hydrogen-bond donors (Lipinski definition) is 3. The van der Waals surface area contributed by atoms with Crippen LogP contribution < -0.4 is 11.1 Å². The lowest BCUT2D eigenvalue weighted by atomic mass is 10.1. The lowest BCUT2D eigenvalue weighted by Gasteiger charge is -2.09. The number of rotatable bonds is 7. The van der Waals surface area contributed by atoms with Crippen LogP contribution in [-0.2, 0) is 11.3 Å². The van der Waals surface area contributed by atoms with Gasteiger partial charge in [0.1, 0.15) is 11.6 Å². The number of phenols is 1. The van der Waals surface area contributed by atoms with E-state index >= 15 is 0 Å². The maximum atomic E-state index is 13.2. The monoisotopic (exact) mass is 473 g/mol. The predicted molar refractivity (Wildman–Crippen MR) is 123 cm³/mol. The van der Waals surface area contributed by atoms with Crippen molar-refractivity contribution in [1.82, 2.24) is 9.88 Å². The number of nitrogens with zero attached hydrogens (tertiary/aromatic N) is 1. The van der Waals surface area contributed by atoms with Gasteiger partial charge in [0.25, 0.3) is 11.7 Å². The average Bonchev–Trinajstić information content (AvgIpc) is 3.14. The molecule has 1 aromatic heterocycles. The summed E-state index contributed by atoms with van der Waals surface area (Å²) >= 11 is 12.0. The Bertz CT molecular complexity index is 1280. The highest BCUT2D eigenvalue weighted by Crippen LogP contribution is 2.27. The van der Waals surface area contributed by atoms with Crippen LogP contribution in [0.5, 0.6) is 5.75 Å². The molecule has 164 valence electrons. The highest BCUT2D eigenvalue weighted by Gasteiger charge is 2.24. The van der Waals surface area contributed by atoms with E-state index in [0.717, 1.165) is 11.8 Å². The van der Waals surface area contributed by atoms with Gasteiger partial charge in [-0.15, -0.1) is 0 Å². The van der Waals surface area contributed by atoms with E-state index < -0.39 is 11.7 Å². The first-order chi connectivity index (χ1) is 15.2. The fraction of sp³-hybridized carbons (Fsp3) is 0.0435. The van der Waals surface area contributed by atoms with Gasteiger partial charge >= 0.3 is 0 Å². The number of fused-ring (bicyclic) bond motifs is 1.